The molecule has 2 fully saturated rings. The summed E-state index contributed by atoms with van der Waals surface area (Å²) < 4.78 is 1.10. The van der Waals surface area contributed by atoms with E-state index in [-0.39, 0.29) is 5.91 Å². The molecule has 1 aliphatic carbocycles. The number of hydrogen-bond acceptors (Lipinski definition) is 3. The van der Waals surface area contributed by atoms with E-state index in [1.165, 1.54) is 0 Å². The summed E-state index contributed by atoms with van der Waals surface area (Å²) in [5.41, 5.74) is -0.610. The molecule has 0 aromatic carbocycles. The van der Waals surface area contributed by atoms with E-state index in [0.717, 1.165) is 19.0 Å². The molecule has 1 saturated carbocycles. The number of carbonyl (C=O) groups excluding carboxylic acids is 1. The van der Waals surface area contributed by atoms with Gasteiger partial charge in [-0.1, -0.05) is 0 Å². The Morgan fingerprint density at radius 2 is 1.90 bits per heavy atom. The molecule has 2 heterocycles. The topological polar surface area (TPSA) is 41.4 Å². The lowest BCUT2D eigenvalue weighted by Gasteiger charge is -2.36. The fraction of sp³-hybridized carbons (Fsp3) is 0.692. The van der Waals surface area contributed by atoms with Gasteiger partial charge >= 0.3 is 0 Å². The molecule has 5 nitrogen and oxygen atoms in total. The Balaban J connectivity index is 1.62. The fourth-order valence-electron chi connectivity index (χ4n) is 2.75. The van der Waals surface area contributed by atoms with Crippen LogP contribution in [0.4, 0.5) is 5.95 Å². The van der Waals surface area contributed by atoms with Crippen molar-refractivity contribution in [3.63, 3.8) is 0 Å². The first-order chi connectivity index (χ1) is 9.35. The van der Waals surface area contributed by atoms with E-state index in [4.69, 9.17) is 23.2 Å². The number of piperazine rings is 1. The zero-order chi connectivity index (χ0) is 14.5. The first-order valence-electron chi connectivity index (χ1n) is 6.75. The lowest BCUT2D eigenvalue weighted by molar-refractivity contribution is -0.136. The predicted molar refractivity (Wildman–Crippen MR) is 79.2 cm³/mol. The molecule has 110 valence electrons. The maximum atomic E-state index is 12.5. The summed E-state index contributed by atoms with van der Waals surface area (Å²) >= 11 is 12.2. The van der Waals surface area contributed by atoms with E-state index in [0.29, 0.717) is 19.5 Å². The fourth-order valence-corrected chi connectivity index (χ4v) is 3.45. The van der Waals surface area contributed by atoms with Gasteiger partial charge in [0.1, 0.15) is 4.33 Å². The maximum absolute atomic E-state index is 12.5. The van der Waals surface area contributed by atoms with Crippen LogP contribution in [-0.4, -0.2) is 50.9 Å². The van der Waals surface area contributed by atoms with E-state index < -0.39 is 9.75 Å². The molecule has 0 bridgehead atoms. The molecule has 1 saturated heterocycles. The predicted octanol–water partition coefficient (Wildman–Crippen LogP) is 1.65. The maximum Gasteiger partial charge on any atom is 0.231 e. The second-order valence-electron chi connectivity index (χ2n) is 5.83. The highest BCUT2D eigenvalue weighted by atomic mass is 35.5. The van der Waals surface area contributed by atoms with Crippen LogP contribution in [0.1, 0.15) is 13.3 Å². The van der Waals surface area contributed by atoms with E-state index in [1.807, 2.05) is 29.6 Å². The molecule has 2 aliphatic rings. The van der Waals surface area contributed by atoms with Crippen LogP contribution in [0.3, 0.4) is 0 Å². The van der Waals surface area contributed by atoms with Crippen LogP contribution >= 0.6 is 23.2 Å². The minimum atomic E-state index is -0.888. The standard InChI is InChI=1S/C13H18Cl2N4O/c1-12(9-13(12,14)15)10(20)18-5-7-19(8-6-18)11-16-3-4-17(11)2/h3-4H,5-9H2,1-2H3/t12-/m1/s1. The van der Waals surface area contributed by atoms with Gasteiger partial charge in [-0.2, -0.15) is 0 Å². The summed E-state index contributed by atoms with van der Waals surface area (Å²) in [6, 6.07) is 0. The number of aromatic nitrogens is 2. The van der Waals surface area contributed by atoms with Crippen LogP contribution in [-0.2, 0) is 11.8 Å². The van der Waals surface area contributed by atoms with Gasteiger partial charge in [-0.3, -0.25) is 4.79 Å². The minimum Gasteiger partial charge on any atom is -0.339 e. The van der Waals surface area contributed by atoms with Gasteiger partial charge in [-0.15, -0.1) is 23.2 Å². The highest BCUT2D eigenvalue weighted by Crippen LogP contribution is 2.64. The minimum absolute atomic E-state index is 0.0713. The summed E-state index contributed by atoms with van der Waals surface area (Å²) in [5.74, 6) is 1.01. The van der Waals surface area contributed by atoms with Crippen LogP contribution in [0.25, 0.3) is 0 Å². The van der Waals surface area contributed by atoms with E-state index in [9.17, 15) is 4.79 Å². The zero-order valence-electron chi connectivity index (χ0n) is 11.6. The smallest absolute Gasteiger partial charge is 0.231 e. The molecule has 0 spiro atoms. The number of hydrogen-bond donors (Lipinski definition) is 0. The van der Waals surface area contributed by atoms with Crippen molar-refractivity contribution in [2.24, 2.45) is 12.5 Å². The zero-order valence-corrected chi connectivity index (χ0v) is 13.2. The number of alkyl halides is 2. The molecular formula is C13H18Cl2N4O. The molecule has 20 heavy (non-hydrogen) atoms. The molecule has 1 aliphatic heterocycles. The summed E-state index contributed by atoms with van der Waals surface area (Å²) in [6.45, 7) is 4.78. The molecule has 1 amide bonds. The second-order valence-corrected chi connectivity index (χ2v) is 7.31. The Bertz CT molecular complexity index is 536. The van der Waals surface area contributed by atoms with Crippen molar-refractivity contribution in [2.45, 2.75) is 17.7 Å². The van der Waals surface area contributed by atoms with Gasteiger partial charge in [0.25, 0.3) is 0 Å². The molecule has 7 heteroatoms. The third kappa shape index (κ3) is 2.07. The number of amides is 1. The first-order valence-corrected chi connectivity index (χ1v) is 7.50. The number of nitrogens with zero attached hydrogens (tertiary/aromatic N) is 4. The summed E-state index contributed by atoms with van der Waals surface area (Å²) in [5, 5.41) is 0. The quantitative estimate of drug-likeness (QED) is 0.779. The Morgan fingerprint density at radius 1 is 1.30 bits per heavy atom. The molecule has 1 aromatic rings. The van der Waals surface area contributed by atoms with Crippen LogP contribution in [0.2, 0.25) is 0 Å². The van der Waals surface area contributed by atoms with E-state index in [2.05, 4.69) is 9.88 Å². The van der Waals surface area contributed by atoms with Crippen LogP contribution in [0.5, 0.6) is 0 Å². The van der Waals surface area contributed by atoms with Crippen molar-refractivity contribution in [3.8, 4) is 0 Å². The largest absolute Gasteiger partial charge is 0.339 e. The van der Waals surface area contributed by atoms with Gasteiger partial charge < -0.3 is 14.4 Å². The number of carbonyl (C=O) groups is 1. The molecule has 0 radical (unpaired) electrons. The van der Waals surface area contributed by atoms with Gasteiger partial charge in [-0.05, 0) is 13.3 Å². The Morgan fingerprint density at radius 3 is 2.35 bits per heavy atom. The highest BCUT2D eigenvalue weighted by Gasteiger charge is 2.68. The number of imidazole rings is 1. The normalized spacial score (nSPS) is 28.6. The average Bonchev–Trinajstić information content (AvgIpc) is 2.74. The SMILES string of the molecule is Cn1ccnc1N1CCN(C(=O)[C@@]2(C)CC2(Cl)Cl)CC1. The van der Waals surface area contributed by atoms with Crippen molar-refractivity contribution in [2.75, 3.05) is 31.1 Å². The summed E-state index contributed by atoms with van der Waals surface area (Å²) in [4.78, 5) is 20.9. The molecule has 1 aromatic heterocycles. The third-order valence-corrected chi connectivity index (χ3v) is 5.48. The molecular weight excluding hydrogens is 299 g/mol. The van der Waals surface area contributed by atoms with Gasteiger partial charge in [0.05, 0.1) is 5.41 Å². The van der Waals surface area contributed by atoms with E-state index in [1.54, 1.807) is 6.20 Å². The van der Waals surface area contributed by atoms with Crippen molar-refractivity contribution >= 4 is 35.1 Å². The van der Waals surface area contributed by atoms with Crippen molar-refractivity contribution in [1.29, 1.82) is 0 Å². The van der Waals surface area contributed by atoms with Crippen molar-refractivity contribution < 1.29 is 4.79 Å². The second kappa shape index (κ2) is 4.53. The monoisotopic (exact) mass is 316 g/mol. The van der Waals surface area contributed by atoms with Crippen LogP contribution in [0.15, 0.2) is 12.4 Å². The summed E-state index contributed by atoms with van der Waals surface area (Å²) in [7, 11) is 1.97. The van der Waals surface area contributed by atoms with Gasteiger partial charge in [0.15, 0.2) is 0 Å². The number of aryl methyl sites for hydroxylation is 1. The number of anilines is 1. The Labute approximate surface area is 128 Å². The van der Waals surface area contributed by atoms with Crippen LogP contribution < -0.4 is 4.90 Å². The summed E-state index contributed by atoms with van der Waals surface area (Å²) in [6.07, 6.45) is 4.25. The highest BCUT2D eigenvalue weighted by molar-refractivity contribution is 6.53. The number of rotatable bonds is 2. The molecule has 0 N–H and O–H groups in total. The average molecular weight is 317 g/mol. The number of halogens is 2. The van der Waals surface area contributed by atoms with Gasteiger partial charge in [-0.25, -0.2) is 4.98 Å². The van der Waals surface area contributed by atoms with Crippen LogP contribution in [0, 0.1) is 5.41 Å². The van der Waals surface area contributed by atoms with E-state index >= 15 is 0 Å². The Kier molecular flexibility index (Phi) is 3.18. The molecule has 1 atom stereocenters. The lowest BCUT2D eigenvalue weighted by Crippen LogP contribution is -2.51. The lowest BCUT2D eigenvalue weighted by atomic mass is 10.1. The van der Waals surface area contributed by atoms with Gasteiger partial charge in [0.2, 0.25) is 11.9 Å². The first kappa shape index (κ1) is 14.0. The van der Waals surface area contributed by atoms with Crippen molar-refractivity contribution in [1.82, 2.24) is 14.5 Å². The van der Waals surface area contributed by atoms with Crippen molar-refractivity contribution in [3.05, 3.63) is 12.4 Å². The third-order valence-electron chi connectivity index (χ3n) is 4.38. The Hall–Kier alpha value is -0.940. The molecule has 3 rings (SSSR count). The van der Waals surface area contributed by atoms with Gasteiger partial charge in [0, 0.05) is 45.6 Å². The molecule has 0 unspecified atom stereocenters.